The number of carbonyl (C=O) groups is 1. The third-order valence-electron chi connectivity index (χ3n) is 7.36. The molecule has 2 aliphatic heterocycles. The summed E-state index contributed by atoms with van der Waals surface area (Å²) in [6.07, 6.45) is -4.13. The van der Waals surface area contributed by atoms with Crippen molar-refractivity contribution in [2.45, 2.75) is 44.9 Å². The number of nitriles is 1. The van der Waals surface area contributed by atoms with Crippen LogP contribution in [0.4, 0.5) is 24.5 Å². The van der Waals surface area contributed by atoms with Gasteiger partial charge in [0, 0.05) is 37.9 Å². The number of amides is 1. The SMILES string of the molecule is CCc1cc(N2C(=S)N(c3ccc(C#N)c(C(F)(F)F)c3)C(=O)C2(C)C)ccc1OCCN1CCNCC1CO. The van der Waals surface area contributed by atoms with Crippen molar-refractivity contribution in [2.75, 3.05) is 49.2 Å². The van der Waals surface area contributed by atoms with Gasteiger partial charge >= 0.3 is 6.18 Å². The zero-order valence-corrected chi connectivity index (χ0v) is 23.4. The molecule has 2 saturated heterocycles. The monoisotopic (exact) mass is 575 g/mol. The Morgan fingerprint density at radius 1 is 1.23 bits per heavy atom. The minimum Gasteiger partial charge on any atom is -0.492 e. The van der Waals surface area contributed by atoms with E-state index in [0.29, 0.717) is 31.0 Å². The summed E-state index contributed by atoms with van der Waals surface area (Å²) in [5.41, 5.74) is -1.39. The van der Waals surface area contributed by atoms with Crippen LogP contribution >= 0.6 is 12.2 Å². The molecular weight excluding hydrogens is 543 g/mol. The van der Waals surface area contributed by atoms with Gasteiger partial charge in [-0.05, 0) is 74.4 Å². The topological polar surface area (TPSA) is 92.1 Å². The first-order valence-electron chi connectivity index (χ1n) is 13.1. The second-order valence-electron chi connectivity index (χ2n) is 10.2. The molecule has 1 amide bonds. The molecule has 0 aromatic heterocycles. The van der Waals surface area contributed by atoms with E-state index in [1.165, 1.54) is 6.07 Å². The van der Waals surface area contributed by atoms with Crippen LogP contribution in [-0.2, 0) is 17.4 Å². The fourth-order valence-electron chi connectivity index (χ4n) is 5.13. The van der Waals surface area contributed by atoms with Gasteiger partial charge in [-0.25, -0.2) is 0 Å². The molecule has 1 unspecified atom stereocenters. The number of benzene rings is 2. The number of aliphatic hydroxyl groups is 1. The number of thiocarbonyl (C=S) groups is 1. The normalized spacial score (nSPS) is 19.7. The number of carbonyl (C=O) groups excluding carboxylic acids is 1. The van der Waals surface area contributed by atoms with E-state index < -0.39 is 28.7 Å². The van der Waals surface area contributed by atoms with Gasteiger partial charge in [-0.15, -0.1) is 0 Å². The summed E-state index contributed by atoms with van der Waals surface area (Å²) in [5, 5.41) is 22.1. The van der Waals surface area contributed by atoms with E-state index >= 15 is 0 Å². The standard InChI is InChI=1S/C28H32F3N5O3S/c1-4-18-13-21(7-8-24(18)39-12-11-34-10-9-33-16-22(34)17-37)36-26(40)35(25(38)27(36,2)3)20-6-5-19(15-32)23(14-20)28(29,30)31/h5-8,13-14,22,33,37H,4,9-12,16-17H2,1-3H3. The molecular formula is C28H32F3N5O3S. The van der Waals surface area contributed by atoms with Crippen LogP contribution in [0, 0.1) is 11.3 Å². The van der Waals surface area contributed by atoms with Crippen molar-refractivity contribution in [3.05, 3.63) is 53.1 Å². The lowest BCUT2D eigenvalue weighted by molar-refractivity contribution is -0.137. The first-order valence-corrected chi connectivity index (χ1v) is 13.5. The van der Waals surface area contributed by atoms with Crippen molar-refractivity contribution in [3.63, 3.8) is 0 Å². The first kappa shape index (κ1) is 29.7. The second kappa shape index (κ2) is 11.7. The summed E-state index contributed by atoms with van der Waals surface area (Å²) in [4.78, 5) is 18.4. The van der Waals surface area contributed by atoms with E-state index in [4.69, 9.17) is 22.2 Å². The van der Waals surface area contributed by atoms with Crippen LogP contribution in [0.15, 0.2) is 36.4 Å². The average Bonchev–Trinajstić information content (AvgIpc) is 3.11. The molecule has 0 spiro atoms. The highest BCUT2D eigenvalue weighted by molar-refractivity contribution is 7.81. The van der Waals surface area contributed by atoms with Crippen LogP contribution in [-0.4, -0.2) is 72.0 Å². The lowest BCUT2D eigenvalue weighted by Gasteiger charge is -2.35. The Kier molecular flexibility index (Phi) is 8.70. The van der Waals surface area contributed by atoms with Crippen LogP contribution in [0.3, 0.4) is 0 Å². The van der Waals surface area contributed by atoms with Crippen molar-refractivity contribution in [2.24, 2.45) is 0 Å². The van der Waals surface area contributed by atoms with Gasteiger partial charge in [0.1, 0.15) is 17.9 Å². The molecule has 1 atom stereocenters. The highest BCUT2D eigenvalue weighted by Crippen LogP contribution is 2.40. The maximum atomic E-state index is 13.6. The molecule has 0 aliphatic carbocycles. The predicted molar refractivity (Wildman–Crippen MR) is 149 cm³/mol. The number of aliphatic hydroxyl groups excluding tert-OH is 1. The van der Waals surface area contributed by atoms with E-state index in [2.05, 4.69) is 10.2 Å². The molecule has 40 heavy (non-hydrogen) atoms. The molecule has 2 aliphatic rings. The van der Waals surface area contributed by atoms with Crippen LogP contribution in [0.1, 0.15) is 37.5 Å². The largest absolute Gasteiger partial charge is 0.492 e. The average molecular weight is 576 g/mol. The molecule has 0 bridgehead atoms. The number of nitrogens with zero attached hydrogens (tertiary/aromatic N) is 4. The third-order valence-corrected chi connectivity index (χ3v) is 7.72. The van der Waals surface area contributed by atoms with Gasteiger partial charge in [0.25, 0.3) is 5.91 Å². The smallest absolute Gasteiger partial charge is 0.417 e. The number of hydrogen-bond donors (Lipinski definition) is 2. The van der Waals surface area contributed by atoms with Gasteiger partial charge in [-0.2, -0.15) is 18.4 Å². The molecule has 214 valence electrons. The Hall–Kier alpha value is -3.24. The van der Waals surface area contributed by atoms with E-state index in [0.717, 1.165) is 42.2 Å². The van der Waals surface area contributed by atoms with Crippen molar-refractivity contribution in [1.82, 2.24) is 10.2 Å². The fraction of sp³-hybridized carbons (Fsp3) is 0.464. The summed E-state index contributed by atoms with van der Waals surface area (Å²) in [6, 6.07) is 10.2. The molecule has 0 saturated carbocycles. The Balaban J connectivity index is 1.58. The lowest BCUT2D eigenvalue weighted by Crippen LogP contribution is -2.53. The van der Waals surface area contributed by atoms with E-state index in [1.807, 2.05) is 19.1 Å². The summed E-state index contributed by atoms with van der Waals surface area (Å²) in [6.45, 7) is 8.88. The maximum absolute atomic E-state index is 13.6. The lowest BCUT2D eigenvalue weighted by atomic mass is 10.0. The molecule has 2 aromatic rings. The molecule has 2 N–H and O–H groups in total. The maximum Gasteiger partial charge on any atom is 0.417 e. The van der Waals surface area contributed by atoms with Crippen LogP contribution in [0.25, 0.3) is 0 Å². The van der Waals surface area contributed by atoms with Gasteiger partial charge in [-0.3, -0.25) is 14.6 Å². The van der Waals surface area contributed by atoms with Crippen LogP contribution in [0.5, 0.6) is 5.75 Å². The van der Waals surface area contributed by atoms with Crippen LogP contribution < -0.4 is 19.9 Å². The molecule has 4 rings (SSSR count). The predicted octanol–water partition coefficient (Wildman–Crippen LogP) is 3.70. The van der Waals surface area contributed by atoms with E-state index in [9.17, 15) is 23.1 Å². The Labute approximate surface area is 236 Å². The summed E-state index contributed by atoms with van der Waals surface area (Å²) >= 11 is 5.65. The number of aryl methyl sites for hydroxylation is 1. The van der Waals surface area contributed by atoms with Gasteiger partial charge in [0.2, 0.25) is 0 Å². The van der Waals surface area contributed by atoms with Crippen molar-refractivity contribution in [1.29, 1.82) is 5.26 Å². The van der Waals surface area contributed by atoms with Gasteiger partial charge in [-0.1, -0.05) is 6.92 Å². The highest BCUT2D eigenvalue weighted by atomic mass is 32.1. The summed E-state index contributed by atoms with van der Waals surface area (Å²) in [7, 11) is 0. The molecule has 2 heterocycles. The Bertz CT molecular complexity index is 1330. The zero-order chi connectivity index (χ0) is 29.2. The molecule has 2 aromatic carbocycles. The molecule has 0 radical (unpaired) electrons. The number of nitrogens with one attached hydrogen (secondary N) is 1. The number of piperazine rings is 1. The van der Waals surface area contributed by atoms with Gasteiger partial charge < -0.3 is 20.1 Å². The molecule has 8 nitrogen and oxygen atoms in total. The molecule has 12 heteroatoms. The van der Waals surface area contributed by atoms with Crippen molar-refractivity contribution in [3.8, 4) is 11.8 Å². The third kappa shape index (κ3) is 5.65. The number of anilines is 2. The number of halogens is 3. The number of alkyl halides is 3. The van der Waals surface area contributed by atoms with Gasteiger partial charge in [0.05, 0.1) is 29.5 Å². The van der Waals surface area contributed by atoms with E-state index in [-0.39, 0.29) is 23.4 Å². The Morgan fingerprint density at radius 2 is 1.95 bits per heavy atom. The summed E-state index contributed by atoms with van der Waals surface area (Å²) in [5.74, 6) is 0.207. The Morgan fingerprint density at radius 3 is 2.60 bits per heavy atom. The van der Waals surface area contributed by atoms with Crippen molar-refractivity contribution < 1.29 is 27.8 Å². The summed E-state index contributed by atoms with van der Waals surface area (Å²) < 4.78 is 46.9. The quantitative estimate of drug-likeness (QED) is 0.461. The fourth-order valence-corrected chi connectivity index (χ4v) is 5.65. The van der Waals surface area contributed by atoms with E-state index in [1.54, 1.807) is 30.9 Å². The number of hydrogen-bond acceptors (Lipinski definition) is 7. The number of rotatable bonds is 8. The number of ether oxygens (including phenoxy) is 1. The second-order valence-corrected chi connectivity index (χ2v) is 10.6. The van der Waals surface area contributed by atoms with Crippen LogP contribution in [0.2, 0.25) is 0 Å². The molecule has 2 fully saturated rings. The highest BCUT2D eigenvalue weighted by Gasteiger charge is 2.50. The first-order chi connectivity index (χ1) is 18.9. The zero-order valence-electron chi connectivity index (χ0n) is 22.6. The van der Waals surface area contributed by atoms with Gasteiger partial charge in [0.15, 0.2) is 5.11 Å². The van der Waals surface area contributed by atoms with Crippen molar-refractivity contribution >= 4 is 34.6 Å². The minimum absolute atomic E-state index is 0.0392. The minimum atomic E-state index is -4.77.